The Morgan fingerprint density at radius 1 is 1.14 bits per heavy atom. The number of benzene rings is 3. The lowest BCUT2D eigenvalue weighted by atomic mass is 9.95. The molecule has 2 amide bonds. The lowest BCUT2D eigenvalue weighted by molar-refractivity contribution is -0.281. The first-order valence-corrected chi connectivity index (χ1v) is 14.7. The summed E-state index contributed by atoms with van der Waals surface area (Å²) in [6.45, 7) is -0.284. The van der Waals surface area contributed by atoms with Crippen molar-refractivity contribution in [1.29, 1.82) is 0 Å². The molecule has 6 unspecified atom stereocenters. The molecule has 3 heterocycles. The number of carbonyl (C=O) groups is 2. The predicted octanol–water partition coefficient (Wildman–Crippen LogP) is 2.03. The normalized spacial score (nSPS) is 24.9. The highest BCUT2D eigenvalue weighted by atomic mass is 35.5. The molecule has 0 saturated carbocycles. The number of amides is 2. The second-order valence-corrected chi connectivity index (χ2v) is 11.2. The number of rotatable bonds is 8. The molecule has 0 radical (unpaired) electrons. The number of nitrogens with two attached hydrogens (primary N) is 1. The van der Waals surface area contributed by atoms with Gasteiger partial charge in [0, 0.05) is 53.5 Å². The number of aromatic amines is 1. The molecule has 4 aromatic rings. The molecule has 1 fully saturated rings. The Hall–Kier alpha value is -3.75. The molecular formula is C31H33ClN4O8. The zero-order chi connectivity index (χ0) is 31.1. The van der Waals surface area contributed by atoms with Crippen molar-refractivity contribution in [3.8, 4) is 5.75 Å². The van der Waals surface area contributed by atoms with Gasteiger partial charge in [0.1, 0.15) is 35.9 Å². The molecular weight excluding hydrogens is 592 g/mol. The summed E-state index contributed by atoms with van der Waals surface area (Å²) in [5.41, 5.74) is 8.49. The van der Waals surface area contributed by atoms with Crippen LogP contribution in [0, 0.1) is 0 Å². The van der Waals surface area contributed by atoms with E-state index in [2.05, 4.69) is 10.3 Å². The lowest BCUT2D eigenvalue weighted by Crippen LogP contribution is -2.60. The number of methoxy groups -OCH3 is 1. The quantitative estimate of drug-likeness (QED) is 0.160. The molecule has 7 N–H and O–H groups in total. The average Bonchev–Trinajstić information content (AvgIpc) is 3.64. The van der Waals surface area contributed by atoms with Crippen molar-refractivity contribution in [1.82, 2.24) is 4.98 Å². The third-order valence-electron chi connectivity index (χ3n) is 8.22. The summed E-state index contributed by atoms with van der Waals surface area (Å²) in [4.78, 5) is 30.6. The van der Waals surface area contributed by atoms with E-state index in [0.717, 1.165) is 16.3 Å². The van der Waals surface area contributed by atoms with Gasteiger partial charge in [0.15, 0.2) is 0 Å². The maximum atomic E-state index is 14.0. The number of aromatic nitrogens is 1. The van der Waals surface area contributed by atoms with Gasteiger partial charge >= 0.3 is 0 Å². The van der Waals surface area contributed by atoms with Crippen LogP contribution in [0.3, 0.4) is 0 Å². The molecule has 2 aliphatic heterocycles. The number of ether oxygens (including phenoxy) is 3. The number of fused-ring (bicyclic) bond motifs is 4. The van der Waals surface area contributed by atoms with Crippen LogP contribution in [-0.4, -0.2) is 95.5 Å². The number of alkyl halides is 1. The summed E-state index contributed by atoms with van der Waals surface area (Å²) in [6, 6.07) is 16.2. The van der Waals surface area contributed by atoms with Crippen LogP contribution in [0.25, 0.3) is 21.7 Å². The minimum Gasteiger partial charge on any atom is -0.461 e. The molecule has 0 spiro atoms. The number of hydrogen-bond donors (Lipinski definition) is 6. The summed E-state index contributed by atoms with van der Waals surface area (Å²) in [7, 11) is 1.35. The zero-order valence-corrected chi connectivity index (χ0v) is 24.5. The fourth-order valence-electron chi connectivity index (χ4n) is 6.08. The Morgan fingerprint density at radius 2 is 1.91 bits per heavy atom. The molecule has 1 saturated heterocycles. The number of hydrogen-bond acceptors (Lipinski definition) is 9. The van der Waals surface area contributed by atoms with E-state index in [1.165, 1.54) is 7.11 Å². The SMILES string of the molecule is COC1C(CO)OC(Oc2cc3c(c4ccccc24)C(CCl)CN3C(=O)c2cc3cc(NC(=O)CN)ccc3[nH]2)C(O)C1O. The first-order valence-electron chi connectivity index (χ1n) is 14.2. The Morgan fingerprint density at radius 3 is 2.61 bits per heavy atom. The molecule has 12 nitrogen and oxygen atoms in total. The standard InChI is InChI=1S/C31H33ClN4O8/c1-42-29-24(14-37)44-31(28(40)27(29)39)43-23-10-22-26(19-5-3-2-4-18(19)23)16(11-32)13-36(22)30(41)21-9-15-8-17(34-25(38)12-33)6-7-20(15)35-21/h2-10,16,24,27-29,31,35,37,39-40H,11-14,33H2,1H3,(H,34,38). The van der Waals surface area contributed by atoms with E-state index in [1.807, 2.05) is 24.3 Å². The molecule has 6 atom stereocenters. The van der Waals surface area contributed by atoms with Gasteiger partial charge < -0.3 is 50.5 Å². The van der Waals surface area contributed by atoms with E-state index >= 15 is 0 Å². The van der Waals surface area contributed by atoms with Gasteiger partial charge in [-0.2, -0.15) is 0 Å². The van der Waals surface area contributed by atoms with Gasteiger partial charge in [0.05, 0.1) is 18.8 Å². The second kappa shape index (κ2) is 12.3. The maximum absolute atomic E-state index is 14.0. The van der Waals surface area contributed by atoms with Crippen molar-refractivity contribution in [2.24, 2.45) is 5.73 Å². The summed E-state index contributed by atoms with van der Waals surface area (Å²) in [5.74, 6) is -0.208. The van der Waals surface area contributed by atoms with E-state index < -0.39 is 37.3 Å². The van der Waals surface area contributed by atoms with Gasteiger partial charge in [0.25, 0.3) is 5.91 Å². The summed E-state index contributed by atoms with van der Waals surface area (Å²) in [5, 5.41) is 36.3. The van der Waals surface area contributed by atoms with Crippen LogP contribution in [0.2, 0.25) is 0 Å². The fourth-order valence-corrected chi connectivity index (χ4v) is 6.33. The number of halogens is 1. The first-order chi connectivity index (χ1) is 21.3. The van der Waals surface area contributed by atoms with Crippen LogP contribution in [0.5, 0.6) is 5.75 Å². The Balaban J connectivity index is 1.37. The van der Waals surface area contributed by atoms with Gasteiger partial charge in [-0.3, -0.25) is 9.59 Å². The summed E-state index contributed by atoms with van der Waals surface area (Å²) < 4.78 is 17.2. The van der Waals surface area contributed by atoms with Crippen molar-refractivity contribution >= 4 is 56.5 Å². The monoisotopic (exact) mass is 624 g/mol. The number of nitrogens with one attached hydrogen (secondary N) is 2. The van der Waals surface area contributed by atoms with E-state index in [0.29, 0.717) is 40.3 Å². The van der Waals surface area contributed by atoms with E-state index in [4.69, 9.17) is 31.5 Å². The molecule has 2 aliphatic rings. The summed E-state index contributed by atoms with van der Waals surface area (Å²) >= 11 is 6.44. The third-order valence-corrected chi connectivity index (χ3v) is 8.59. The molecule has 0 aliphatic carbocycles. The number of anilines is 2. The lowest BCUT2D eigenvalue weighted by Gasteiger charge is -2.41. The third kappa shape index (κ3) is 5.28. The molecule has 13 heteroatoms. The van der Waals surface area contributed by atoms with Crippen LogP contribution >= 0.6 is 11.6 Å². The van der Waals surface area contributed by atoms with E-state index in [9.17, 15) is 24.9 Å². The topological polar surface area (TPSA) is 180 Å². The zero-order valence-electron chi connectivity index (χ0n) is 23.8. The largest absolute Gasteiger partial charge is 0.461 e. The molecule has 0 bridgehead atoms. The smallest absolute Gasteiger partial charge is 0.274 e. The van der Waals surface area contributed by atoms with Gasteiger partial charge in [-0.25, -0.2) is 0 Å². The van der Waals surface area contributed by atoms with Crippen LogP contribution in [0.4, 0.5) is 11.4 Å². The van der Waals surface area contributed by atoms with Crippen molar-refractivity contribution in [3.63, 3.8) is 0 Å². The van der Waals surface area contributed by atoms with E-state index in [1.54, 1.807) is 35.2 Å². The van der Waals surface area contributed by atoms with Crippen LogP contribution < -0.4 is 20.7 Å². The predicted molar refractivity (Wildman–Crippen MR) is 164 cm³/mol. The molecule has 3 aromatic carbocycles. The average molecular weight is 625 g/mol. The molecule has 232 valence electrons. The number of carbonyl (C=O) groups excluding carboxylic acids is 2. The van der Waals surface area contributed by atoms with Gasteiger partial charge in [-0.05, 0) is 35.2 Å². The fraction of sp³-hybridized carbons (Fsp3) is 0.355. The Kier molecular flexibility index (Phi) is 8.49. The molecule has 1 aromatic heterocycles. The van der Waals surface area contributed by atoms with Crippen molar-refractivity contribution in [2.45, 2.75) is 36.6 Å². The molecule has 44 heavy (non-hydrogen) atoms. The van der Waals surface area contributed by atoms with Gasteiger partial charge in [-0.1, -0.05) is 24.3 Å². The first kappa shape index (κ1) is 30.3. The Bertz CT molecular complexity index is 1710. The highest BCUT2D eigenvalue weighted by Crippen LogP contribution is 2.46. The van der Waals surface area contributed by atoms with Crippen molar-refractivity contribution in [2.75, 3.05) is 42.9 Å². The number of nitrogens with zero attached hydrogens (tertiary/aromatic N) is 1. The summed E-state index contributed by atoms with van der Waals surface area (Å²) in [6.07, 6.45) is -6.06. The minimum absolute atomic E-state index is 0.145. The second-order valence-electron chi connectivity index (χ2n) is 10.9. The van der Waals surface area contributed by atoms with Gasteiger partial charge in [0.2, 0.25) is 12.2 Å². The maximum Gasteiger partial charge on any atom is 0.274 e. The molecule has 6 rings (SSSR count). The van der Waals surface area contributed by atoms with E-state index in [-0.39, 0.29) is 30.2 Å². The number of aliphatic hydroxyl groups excluding tert-OH is 3. The number of H-pyrrole nitrogens is 1. The van der Waals surface area contributed by atoms with Crippen molar-refractivity contribution < 1.29 is 39.1 Å². The van der Waals surface area contributed by atoms with Crippen LogP contribution in [-0.2, 0) is 14.3 Å². The highest BCUT2D eigenvalue weighted by molar-refractivity contribution is 6.19. The Labute approximate surface area is 257 Å². The number of aliphatic hydroxyl groups is 3. The van der Waals surface area contributed by atoms with Crippen molar-refractivity contribution in [3.05, 3.63) is 65.9 Å². The van der Waals surface area contributed by atoms with Gasteiger partial charge in [-0.15, -0.1) is 11.6 Å². The minimum atomic E-state index is -1.48. The highest BCUT2D eigenvalue weighted by Gasteiger charge is 2.46. The van der Waals surface area contributed by atoms with Crippen LogP contribution in [0.1, 0.15) is 22.0 Å². The van der Waals surface area contributed by atoms with Crippen LogP contribution in [0.15, 0.2) is 54.6 Å².